The van der Waals surface area contributed by atoms with Gasteiger partial charge >= 0.3 is 0 Å². The number of likely N-dealkylation sites (tertiary alicyclic amines) is 1. The van der Waals surface area contributed by atoms with E-state index in [0.29, 0.717) is 18.4 Å². The highest BCUT2D eigenvalue weighted by Crippen LogP contribution is 2.22. The predicted molar refractivity (Wildman–Crippen MR) is 46.8 cm³/mol. The molecular formula is C9H16N2O. The van der Waals surface area contributed by atoms with E-state index in [4.69, 9.17) is 0 Å². The summed E-state index contributed by atoms with van der Waals surface area (Å²) < 4.78 is 0. The molecule has 0 radical (unpaired) electrons. The van der Waals surface area contributed by atoms with Gasteiger partial charge in [0.25, 0.3) is 0 Å². The number of likely N-dealkylation sites (N-methyl/N-ethyl adjacent to an activating group) is 1. The molecule has 0 aromatic rings. The minimum absolute atomic E-state index is 0.315. The van der Waals surface area contributed by atoms with Crippen molar-refractivity contribution in [3.05, 3.63) is 0 Å². The van der Waals surface area contributed by atoms with E-state index in [0.717, 1.165) is 19.1 Å². The van der Waals surface area contributed by atoms with Crippen LogP contribution < -0.4 is 5.32 Å². The molecule has 0 bridgehead atoms. The zero-order valence-corrected chi connectivity index (χ0v) is 7.55. The summed E-state index contributed by atoms with van der Waals surface area (Å²) in [7, 11) is 0. The van der Waals surface area contributed by atoms with Crippen LogP contribution in [0.5, 0.6) is 0 Å². The van der Waals surface area contributed by atoms with E-state index >= 15 is 0 Å². The van der Waals surface area contributed by atoms with E-state index in [2.05, 4.69) is 5.32 Å². The van der Waals surface area contributed by atoms with Gasteiger partial charge < -0.3 is 10.2 Å². The summed E-state index contributed by atoms with van der Waals surface area (Å²) in [4.78, 5) is 13.2. The molecular weight excluding hydrogens is 152 g/mol. The van der Waals surface area contributed by atoms with Crippen molar-refractivity contribution in [3.63, 3.8) is 0 Å². The number of rotatable bonds is 3. The molecule has 1 N–H and O–H groups in total. The molecule has 2 aliphatic rings. The Morgan fingerprint density at radius 3 is 2.75 bits per heavy atom. The van der Waals surface area contributed by atoms with Gasteiger partial charge in [-0.25, -0.2) is 0 Å². The maximum atomic E-state index is 11.3. The molecule has 1 saturated heterocycles. The smallest absolute Gasteiger partial charge is 0.224 e. The standard InChI is InChI=1S/C9H16N2O/c1-2-11-6-8(5-9(11)12)10-7-3-4-7/h7-8,10H,2-6H2,1H3. The summed E-state index contributed by atoms with van der Waals surface area (Å²) in [5, 5.41) is 3.49. The van der Waals surface area contributed by atoms with Crippen LogP contribution in [-0.4, -0.2) is 36.0 Å². The summed E-state index contributed by atoms with van der Waals surface area (Å²) in [6, 6.07) is 1.16. The number of carbonyl (C=O) groups excluding carboxylic acids is 1. The summed E-state index contributed by atoms with van der Waals surface area (Å²) >= 11 is 0. The van der Waals surface area contributed by atoms with Crippen LogP contribution in [0.4, 0.5) is 0 Å². The molecule has 12 heavy (non-hydrogen) atoms. The highest BCUT2D eigenvalue weighted by atomic mass is 16.2. The average molecular weight is 168 g/mol. The first kappa shape index (κ1) is 8.05. The van der Waals surface area contributed by atoms with E-state index in [1.54, 1.807) is 0 Å². The molecule has 1 aliphatic heterocycles. The molecule has 0 aromatic heterocycles. The van der Waals surface area contributed by atoms with Gasteiger partial charge in [0, 0.05) is 31.6 Å². The van der Waals surface area contributed by atoms with Crippen LogP contribution >= 0.6 is 0 Å². The number of hydrogen-bond donors (Lipinski definition) is 1. The van der Waals surface area contributed by atoms with Crippen molar-refractivity contribution in [1.82, 2.24) is 10.2 Å². The van der Waals surface area contributed by atoms with E-state index in [9.17, 15) is 4.79 Å². The fourth-order valence-electron chi connectivity index (χ4n) is 1.77. The van der Waals surface area contributed by atoms with E-state index in [1.807, 2.05) is 11.8 Å². The largest absolute Gasteiger partial charge is 0.341 e. The molecule has 1 saturated carbocycles. The normalized spacial score (nSPS) is 29.9. The molecule has 1 unspecified atom stereocenters. The van der Waals surface area contributed by atoms with Crippen LogP contribution in [0.1, 0.15) is 26.2 Å². The number of hydrogen-bond acceptors (Lipinski definition) is 2. The van der Waals surface area contributed by atoms with Crippen molar-refractivity contribution >= 4 is 5.91 Å². The Morgan fingerprint density at radius 1 is 1.50 bits per heavy atom. The number of nitrogens with one attached hydrogen (secondary N) is 1. The molecule has 2 rings (SSSR count). The molecule has 68 valence electrons. The maximum Gasteiger partial charge on any atom is 0.224 e. The lowest BCUT2D eigenvalue weighted by atomic mass is 10.2. The van der Waals surface area contributed by atoms with Gasteiger partial charge in [0.1, 0.15) is 0 Å². The van der Waals surface area contributed by atoms with Gasteiger partial charge in [0.15, 0.2) is 0 Å². The zero-order valence-electron chi connectivity index (χ0n) is 7.55. The lowest BCUT2D eigenvalue weighted by molar-refractivity contribution is -0.127. The fraction of sp³-hybridized carbons (Fsp3) is 0.889. The zero-order chi connectivity index (χ0) is 8.55. The molecule has 3 heteroatoms. The van der Waals surface area contributed by atoms with Gasteiger partial charge in [-0.2, -0.15) is 0 Å². The summed E-state index contributed by atoms with van der Waals surface area (Å²) in [5.41, 5.74) is 0. The Balaban J connectivity index is 1.82. The Morgan fingerprint density at radius 2 is 2.25 bits per heavy atom. The van der Waals surface area contributed by atoms with E-state index < -0.39 is 0 Å². The van der Waals surface area contributed by atoms with Crippen molar-refractivity contribution in [2.45, 2.75) is 38.3 Å². The van der Waals surface area contributed by atoms with E-state index in [-0.39, 0.29) is 0 Å². The summed E-state index contributed by atoms with van der Waals surface area (Å²) in [5.74, 6) is 0.315. The third-order valence-corrected chi connectivity index (χ3v) is 2.64. The average Bonchev–Trinajstić information content (AvgIpc) is 2.76. The third-order valence-electron chi connectivity index (χ3n) is 2.64. The van der Waals surface area contributed by atoms with Gasteiger partial charge in [0.05, 0.1) is 0 Å². The topological polar surface area (TPSA) is 32.3 Å². The summed E-state index contributed by atoms with van der Waals surface area (Å²) in [6.07, 6.45) is 3.32. The Labute approximate surface area is 73.1 Å². The molecule has 0 aromatic carbocycles. The highest BCUT2D eigenvalue weighted by Gasteiger charge is 2.32. The van der Waals surface area contributed by atoms with Crippen molar-refractivity contribution < 1.29 is 4.79 Å². The molecule has 1 amide bonds. The van der Waals surface area contributed by atoms with Gasteiger partial charge in [-0.3, -0.25) is 4.79 Å². The Bertz CT molecular complexity index is 189. The van der Waals surface area contributed by atoms with Gasteiger partial charge in [-0.1, -0.05) is 0 Å². The minimum Gasteiger partial charge on any atom is -0.341 e. The second-order valence-corrected chi connectivity index (χ2v) is 3.77. The molecule has 3 nitrogen and oxygen atoms in total. The van der Waals surface area contributed by atoms with Crippen LogP contribution in [0, 0.1) is 0 Å². The predicted octanol–water partition coefficient (Wildman–Crippen LogP) is 0.359. The van der Waals surface area contributed by atoms with Crippen LogP contribution in [0.3, 0.4) is 0 Å². The van der Waals surface area contributed by atoms with Crippen LogP contribution in [0.2, 0.25) is 0 Å². The second kappa shape index (κ2) is 3.05. The van der Waals surface area contributed by atoms with E-state index in [1.165, 1.54) is 12.8 Å². The molecule has 0 spiro atoms. The first-order valence-corrected chi connectivity index (χ1v) is 4.83. The van der Waals surface area contributed by atoms with Crippen molar-refractivity contribution in [2.75, 3.05) is 13.1 Å². The lowest BCUT2D eigenvalue weighted by Gasteiger charge is -2.13. The Kier molecular flexibility index (Phi) is 2.05. The fourth-order valence-corrected chi connectivity index (χ4v) is 1.77. The van der Waals surface area contributed by atoms with Gasteiger partial charge in [-0.05, 0) is 19.8 Å². The summed E-state index contributed by atoms with van der Waals surface area (Å²) in [6.45, 7) is 3.82. The van der Waals surface area contributed by atoms with Crippen LogP contribution in [0.15, 0.2) is 0 Å². The van der Waals surface area contributed by atoms with Gasteiger partial charge in [0.2, 0.25) is 5.91 Å². The first-order chi connectivity index (χ1) is 5.79. The molecule has 2 fully saturated rings. The highest BCUT2D eigenvalue weighted by molar-refractivity contribution is 5.79. The quantitative estimate of drug-likeness (QED) is 0.660. The van der Waals surface area contributed by atoms with Gasteiger partial charge in [-0.15, -0.1) is 0 Å². The second-order valence-electron chi connectivity index (χ2n) is 3.77. The van der Waals surface area contributed by atoms with Crippen LogP contribution in [0.25, 0.3) is 0 Å². The maximum absolute atomic E-state index is 11.3. The number of amides is 1. The minimum atomic E-state index is 0.315. The lowest BCUT2D eigenvalue weighted by Crippen LogP contribution is -2.34. The number of nitrogens with zero attached hydrogens (tertiary/aromatic N) is 1. The molecule has 1 heterocycles. The number of carbonyl (C=O) groups is 1. The van der Waals surface area contributed by atoms with Crippen molar-refractivity contribution in [3.8, 4) is 0 Å². The molecule has 1 aliphatic carbocycles. The van der Waals surface area contributed by atoms with Crippen molar-refractivity contribution in [1.29, 1.82) is 0 Å². The SMILES string of the molecule is CCN1CC(NC2CC2)CC1=O. The monoisotopic (exact) mass is 168 g/mol. The molecule has 1 atom stereocenters. The van der Waals surface area contributed by atoms with Crippen molar-refractivity contribution in [2.24, 2.45) is 0 Å². The van der Waals surface area contributed by atoms with Crippen LogP contribution in [-0.2, 0) is 4.79 Å². The third kappa shape index (κ3) is 1.61. The Hall–Kier alpha value is -0.570. The first-order valence-electron chi connectivity index (χ1n) is 4.83.